The number of aliphatic hydroxyl groups is 1. The van der Waals surface area contributed by atoms with E-state index in [0.29, 0.717) is 28.2 Å². The highest BCUT2D eigenvalue weighted by molar-refractivity contribution is 6.25. The molecular weight excluding hydrogens is 492 g/mol. The molecule has 1 N–H and O–H groups in total. The lowest BCUT2D eigenvalue weighted by molar-refractivity contribution is -0.384. The molecule has 4 atom stereocenters. The number of nitro groups is 1. The fraction of sp³-hybridized carbons (Fsp3) is 0.286. The molecule has 38 heavy (non-hydrogen) atoms. The quantitative estimate of drug-likeness (QED) is 0.215. The first-order valence-electron chi connectivity index (χ1n) is 12.2. The van der Waals surface area contributed by atoms with Crippen LogP contribution in [-0.2, 0) is 25.8 Å². The minimum atomic E-state index is -0.767. The molecule has 0 saturated carbocycles. The number of fused-ring (bicyclic) bond motifs is 3. The first kappa shape index (κ1) is 23.9. The number of carbonyl (C=O) groups is 4. The van der Waals surface area contributed by atoms with Crippen LogP contribution in [0, 0.1) is 27.9 Å². The average molecular weight is 514 g/mol. The number of aliphatic hydroxyl groups excluding tert-OH is 1. The molecule has 10 nitrogen and oxygen atoms in total. The topological polar surface area (TPSA) is 148 Å². The summed E-state index contributed by atoms with van der Waals surface area (Å²) < 4.78 is 5.84. The number of furan rings is 1. The van der Waals surface area contributed by atoms with Gasteiger partial charge in [-0.05, 0) is 56.0 Å². The molecule has 1 aromatic carbocycles. The molecular formula is C28H22N2O8. The Morgan fingerprint density at radius 3 is 2.45 bits per heavy atom. The van der Waals surface area contributed by atoms with Crippen LogP contribution in [0.1, 0.15) is 37.2 Å². The Kier molecular flexibility index (Phi) is 5.39. The van der Waals surface area contributed by atoms with E-state index < -0.39 is 40.4 Å². The molecule has 4 aliphatic rings. The average Bonchev–Trinajstić information content (AvgIpc) is 3.48. The number of Topliss-reactive ketones (excluding diaryl/α,β-unsaturated/α-hetero) is 1. The summed E-state index contributed by atoms with van der Waals surface area (Å²) in [5, 5.41) is 20.6. The Bertz CT molecular complexity index is 1540. The zero-order chi connectivity index (χ0) is 26.9. The van der Waals surface area contributed by atoms with Gasteiger partial charge in [0, 0.05) is 28.9 Å². The minimum Gasteiger partial charge on any atom is -0.463 e. The number of allylic oxidation sites excluding steroid dienone is 6. The third-order valence-electron chi connectivity index (χ3n) is 8.01. The van der Waals surface area contributed by atoms with Gasteiger partial charge < -0.3 is 9.52 Å². The molecule has 6 rings (SSSR count). The molecule has 0 radical (unpaired) electrons. The Hall–Kier alpha value is -4.44. The number of imide groups is 1. The van der Waals surface area contributed by atoms with Gasteiger partial charge in [0.1, 0.15) is 18.1 Å². The summed E-state index contributed by atoms with van der Waals surface area (Å²) in [5.74, 6) is -3.40. The molecule has 10 heteroatoms. The van der Waals surface area contributed by atoms with Crippen molar-refractivity contribution in [1.29, 1.82) is 0 Å². The number of nitrogens with zero attached hydrogens (tertiary/aromatic N) is 2. The number of nitro benzene ring substituents is 1. The van der Waals surface area contributed by atoms with E-state index >= 15 is 0 Å². The second kappa shape index (κ2) is 8.56. The Morgan fingerprint density at radius 2 is 1.79 bits per heavy atom. The van der Waals surface area contributed by atoms with Crippen LogP contribution in [0.2, 0.25) is 0 Å². The van der Waals surface area contributed by atoms with Gasteiger partial charge in [0.25, 0.3) is 5.69 Å². The van der Waals surface area contributed by atoms with E-state index in [9.17, 15) is 34.4 Å². The molecule has 1 aliphatic heterocycles. The van der Waals surface area contributed by atoms with Crippen LogP contribution >= 0.6 is 0 Å². The number of rotatable bonds is 4. The minimum absolute atomic E-state index is 0.133. The lowest BCUT2D eigenvalue weighted by atomic mass is 9.60. The molecule has 2 aromatic rings. The van der Waals surface area contributed by atoms with Crippen LogP contribution in [-0.4, -0.2) is 33.4 Å². The molecule has 192 valence electrons. The highest BCUT2D eigenvalue weighted by atomic mass is 16.6. The highest BCUT2D eigenvalue weighted by Crippen LogP contribution is 2.55. The third-order valence-corrected chi connectivity index (χ3v) is 8.01. The second-order valence-electron chi connectivity index (χ2n) is 9.98. The predicted octanol–water partition coefficient (Wildman–Crippen LogP) is 3.31. The van der Waals surface area contributed by atoms with Gasteiger partial charge in [-0.1, -0.05) is 11.6 Å². The fourth-order valence-corrected chi connectivity index (χ4v) is 6.30. The second-order valence-corrected chi connectivity index (χ2v) is 9.98. The first-order chi connectivity index (χ1) is 18.2. The van der Waals surface area contributed by atoms with E-state index in [1.165, 1.54) is 30.3 Å². The third kappa shape index (κ3) is 3.37. The highest BCUT2D eigenvalue weighted by Gasteiger charge is 2.57. The predicted molar refractivity (Wildman–Crippen MR) is 132 cm³/mol. The van der Waals surface area contributed by atoms with Crippen LogP contribution in [0.3, 0.4) is 0 Å². The maximum Gasteiger partial charge on any atom is 0.269 e. The molecule has 1 aromatic heterocycles. The number of anilines is 1. The first-order valence-corrected chi connectivity index (χ1v) is 12.2. The van der Waals surface area contributed by atoms with E-state index in [-0.39, 0.29) is 42.4 Å². The molecule has 0 spiro atoms. The number of ketones is 2. The van der Waals surface area contributed by atoms with Gasteiger partial charge >= 0.3 is 0 Å². The lowest BCUT2D eigenvalue weighted by Gasteiger charge is -2.41. The van der Waals surface area contributed by atoms with E-state index in [1.807, 2.05) is 6.08 Å². The van der Waals surface area contributed by atoms with Crippen molar-refractivity contribution in [3.05, 3.63) is 92.5 Å². The van der Waals surface area contributed by atoms with Crippen LogP contribution in [0.25, 0.3) is 0 Å². The summed E-state index contributed by atoms with van der Waals surface area (Å²) in [6.45, 7) is 1.25. The fourth-order valence-electron chi connectivity index (χ4n) is 6.30. The standard InChI is InChI=1S/C28H22N2O8/c1-13-10-21(32)20-11-19-17(24(25(20)26(13)33)22-9-6-16(12-31)38-22)7-8-18-23(19)28(35)29(27(18)34)14-2-4-15(5-3-14)30(36)37/h2-7,9-10,18-19,23-24,31H,8,11-12H2,1H3. The van der Waals surface area contributed by atoms with Gasteiger partial charge in [0.15, 0.2) is 11.6 Å². The number of hydrogen-bond acceptors (Lipinski definition) is 8. The van der Waals surface area contributed by atoms with Crippen molar-refractivity contribution in [2.45, 2.75) is 32.3 Å². The normalized spacial score (nSPS) is 26.6. The molecule has 2 heterocycles. The van der Waals surface area contributed by atoms with E-state index in [0.717, 1.165) is 10.5 Å². The summed E-state index contributed by atoms with van der Waals surface area (Å²) in [7, 11) is 0. The zero-order valence-electron chi connectivity index (χ0n) is 20.2. The molecule has 1 fully saturated rings. The molecule has 1 saturated heterocycles. The van der Waals surface area contributed by atoms with Crippen LogP contribution in [0.15, 0.2) is 75.3 Å². The van der Waals surface area contributed by atoms with E-state index in [1.54, 1.807) is 19.1 Å². The summed E-state index contributed by atoms with van der Waals surface area (Å²) in [6.07, 6.45) is 3.57. The molecule has 0 bridgehead atoms. The Morgan fingerprint density at radius 1 is 1.05 bits per heavy atom. The smallest absolute Gasteiger partial charge is 0.269 e. The van der Waals surface area contributed by atoms with Crippen molar-refractivity contribution in [2.75, 3.05) is 4.90 Å². The van der Waals surface area contributed by atoms with Crippen LogP contribution < -0.4 is 4.90 Å². The van der Waals surface area contributed by atoms with Gasteiger partial charge in [-0.3, -0.25) is 34.2 Å². The number of non-ortho nitro benzene ring substituents is 1. The summed E-state index contributed by atoms with van der Waals surface area (Å²) in [5.41, 5.74) is 1.77. The lowest BCUT2D eigenvalue weighted by Crippen LogP contribution is -2.39. The Balaban J connectivity index is 1.44. The monoisotopic (exact) mass is 514 g/mol. The van der Waals surface area contributed by atoms with Crippen molar-refractivity contribution in [2.24, 2.45) is 17.8 Å². The SMILES string of the molecule is CC1=CC(=O)C2=C(C1=O)C(c1ccc(CO)o1)C1=CCC3C(=O)N(c4ccc([N+](=O)[O-])cc4)C(=O)C3C1C2. The van der Waals surface area contributed by atoms with E-state index in [2.05, 4.69) is 0 Å². The number of benzene rings is 1. The summed E-state index contributed by atoms with van der Waals surface area (Å²) in [6, 6.07) is 8.49. The van der Waals surface area contributed by atoms with Crippen LogP contribution in [0.4, 0.5) is 11.4 Å². The van der Waals surface area contributed by atoms with Crippen molar-refractivity contribution >= 4 is 34.8 Å². The van der Waals surface area contributed by atoms with Gasteiger partial charge in [-0.25, -0.2) is 0 Å². The number of hydrogen-bond donors (Lipinski definition) is 1. The summed E-state index contributed by atoms with van der Waals surface area (Å²) >= 11 is 0. The van der Waals surface area contributed by atoms with Crippen molar-refractivity contribution in [3.8, 4) is 0 Å². The van der Waals surface area contributed by atoms with E-state index in [4.69, 9.17) is 4.42 Å². The number of amides is 2. The van der Waals surface area contributed by atoms with Crippen molar-refractivity contribution < 1.29 is 33.6 Å². The maximum atomic E-state index is 13.8. The summed E-state index contributed by atoms with van der Waals surface area (Å²) in [4.78, 5) is 65.2. The molecule has 2 amide bonds. The van der Waals surface area contributed by atoms with Gasteiger partial charge in [-0.2, -0.15) is 0 Å². The zero-order valence-corrected chi connectivity index (χ0v) is 20.2. The maximum absolute atomic E-state index is 13.8. The largest absolute Gasteiger partial charge is 0.463 e. The molecule has 3 aliphatic carbocycles. The Labute approximate surface area is 216 Å². The van der Waals surface area contributed by atoms with Gasteiger partial charge in [-0.15, -0.1) is 0 Å². The van der Waals surface area contributed by atoms with Crippen molar-refractivity contribution in [3.63, 3.8) is 0 Å². The van der Waals surface area contributed by atoms with Gasteiger partial charge in [0.2, 0.25) is 11.8 Å². The van der Waals surface area contributed by atoms with Crippen molar-refractivity contribution in [1.82, 2.24) is 0 Å². The van der Waals surface area contributed by atoms with Gasteiger partial charge in [0.05, 0.1) is 28.4 Å². The molecule has 4 unspecified atom stereocenters. The number of carbonyl (C=O) groups excluding carboxylic acids is 4. The van der Waals surface area contributed by atoms with Crippen LogP contribution in [0.5, 0.6) is 0 Å².